The van der Waals surface area contributed by atoms with E-state index in [0.717, 1.165) is 23.3 Å². The van der Waals surface area contributed by atoms with Gasteiger partial charge in [0.15, 0.2) is 0 Å². The third-order valence-electron chi connectivity index (χ3n) is 2.46. The molecule has 18 heavy (non-hydrogen) atoms. The molecule has 0 saturated carbocycles. The van der Waals surface area contributed by atoms with Crippen molar-refractivity contribution in [2.45, 2.75) is 19.1 Å². The average molecular weight is 261 g/mol. The molecule has 0 atom stereocenters. The van der Waals surface area contributed by atoms with Gasteiger partial charge in [0.05, 0.1) is 13.2 Å². The van der Waals surface area contributed by atoms with E-state index < -0.39 is 12.7 Å². The van der Waals surface area contributed by atoms with Gasteiger partial charge < -0.3 is 10.1 Å². The van der Waals surface area contributed by atoms with Gasteiger partial charge in [0, 0.05) is 18.8 Å². The monoisotopic (exact) mass is 261 g/mol. The largest absolute Gasteiger partial charge is 0.408 e. The van der Waals surface area contributed by atoms with Gasteiger partial charge in [-0.25, -0.2) is 0 Å². The molecule has 0 aliphatic carbocycles. The van der Waals surface area contributed by atoms with Crippen LogP contribution in [0.25, 0.3) is 0 Å². The van der Waals surface area contributed by atoms with Crippen molar-refractivity contribution in [2.24, 2.45) is 0 Å². The van der Waals surface area contributed by atoms with Gasteiger partial charge in [-0.1, -0.05) is 6.08 Å². The molecule has 1 aliphatic heterocycles. The highest BCUT2D eigenvalue weighted by Gasteiger charge is 2.28. The van der Waals surface area contributed by atoms with Gasteiger partial charge in [0.1, 0.15) is 12.4 Å². The van der Waals surface area contributed by atoms with Crippen LogP contribution in [0.3, 0.4) is 0 Å². The molecular weight excluding hydrogens is 247 g/mol. The van der Waals surface area contributed by atoms with Crippen LogP contribution in [0.4, 0.5) is 19.0 Å². The lowest BCUT2D eigenvalue weighted by atomic mass is 10.2. The zero-order valence-corrected chi connectivity index (χ0v) is 9.70. The fourth-order valence-corrected chi connectivity index (χ4v) is 1.66. The van der Waals surface area contributed by atoms with Crippen LogP contribution in [-0.4, -0.2) is 35.7 Å². The van der Waals surface area contributed by atoms with Gasteiger partial charge in [0.25, 0.3) is 0 Å². The van der Waals surface area contributed by atoms with Gasteiger partial charge in [-0.05, 0) is 12.0 Å². The summed E-state index contributed by atoms with van der Waals surface area (Å²) in [5.74, 6) is 0.436. The first-order valence-corrected chi connectivity index (χ1v) is 5.63. The Morgan fingerprint density at radius 3 is 2.94 bits per heavy atom. The molecule has 0 spiro atoms. The predicted molar refractivity (Wildman–Crippen MR) is 60.3 cm³/mol. The van der Waals surface area contributed by atoms with Crippen molar-refractivity contribution in [3.05, 3.63) is 23.9 Å². The van der Waals surface area contributed by atoms with Gasteiger partial charge in [-0.3, -0.25) is 4.68 Å². The third-order valence-corrected chi connectivity index (χ3v) is 2.46. The van der Waals surface area contributed by atoms with Crippen molar-refractivity contribution in [3.8, 4) is 0 Å². The number of aromatic nitrogens is 2. The summed E-state index contributed by atoms with van der Waals surface area (Å²) in [4.78, 5) is 0. The lowest BCUT2D eigenvalue weighted by molar-refractivity contribution is -0.142. The van der Waals surface area contributed by atoms with Crippen molar-refractivity contribution < 1.29 is 17.9 Å². The summed E-state index contributed by atoms with van der Waals surface area (Å²) in [6, 6.07) is 1.52. The fraction of sp³-hybridized carbons (Fsp3) is 0.545. The second kappa shape index (κ2) is 5.43. The second-order valence-corrected chi connectivity index (χ2v) is 4.07. The molecule has 0 unspecified atom stereocenters. The summed E-state index contributed by atoms with van der Waals surface area (Å²) >= 11 is 0. The van der Waals surface area contributed by atoms with Crippen LogP contribution in [0, 0.1) is 0 Å². The number of anilines is 1. The van der Waals surface area contributed by atoms with Crippen molar-refractivity contribution in [1.82, 2.24) is 9.78 Å². The maximum Gasteiger partial charge on any atom is 0.408 e. The standard InChI is InChI=1S/C11H14F3N3O/c12-11(13,14)8-17-4-3-10(16-17)15-6-9-2-1-5-18-7-9/h2-4H,1,5-8H2,(H,15,16). The van der Waals surface area contributed by atoms with Crippen molar-refractivity contribution in [3.63, 3.8) is 0 Å². The molecule has 7 heteroatoms. The zero-order chi connectivity index (χ0) is 13.0. The highest BCUT2D eigenvalue weighted by atomic mass is 19.4. The van der Waals surface area contributed by atoms with Crippen molar-refractivity contribution in [1.29, 1.82) is 0 Å². The fourth-order valence-electron chi connectivity index (χ4n) is 1.66. The minimum absolute atomic E-state index is 0.436. The highest BCUT2D eigenvalue weighted by Crippen LogP contribution is 2.17. The molecule has 0 fully saturated rings. The van der Waals surface area contributed by atoms with Crippen LogP contribution in [0.15, 0.2) is 23.9 Å². The molecule has 1 aliphatic rings. The Hall–Kier alpha value is -1.50. The summed E-state index contributed by atoms with van der Waals surface area (Å²) in [7, 11) is 0. The molecular formula is C11H14F3N3O. The molecule has 1 N–H and O–H groups in total. The number of alkyl halides is 3. The maximum absolute atomic E-state index is 12.1. The van der Waals surface area contributed by atoms with Crippen LogP contribution >= 0.6 is 0 Å². The lowest BCUT2D eigenvalue weighted by Crippen LogP contribution is -2.18. The van der Waals surface area contributed by atoms with Crippen LogP contribution in [0.5, 0.6) is 0 Å². The molecule has 0 radical (unpaired) electrons. The Morgan fingerprint density at radius 2 is 2.28 bits per heavy atom. The number of rotatable bonds is 4. The Balaban J connectivity index is 1.85. The zero-order valence-electron chi connectivity index (χ0n) is 9.70. The Labute approximate surface area is 102 Å². The molecule has 0 amide bonds. The summed E-state index contributed by atoms with van der Waals surface area (Å²) in [6.07, 6.45) is 0.00728. The number of hydrogen-bond donors (Lipinski definition) is 1. The Bertz CT molecular complexity index is 425. The summed E-state index contributed by atoms with van der Waals surface area (Å²) in [6.45, 7) is 0.767. The number of nitrogens with zero attached hydrogens (tertiary/aromatic N) is 2. The highest BCUT2D eigenvalue weighted by molar-refractivity contribution is 5.34. The SMILES string of the molecule is FC(F)(F)Cn1ccc(NCC2=CCCOC2)n1. The number of nitrogens with one attached hydrogen (secondary N) is 1. The topological polar surface area (TPSA) is 39.1 Å². The van der Waals surface area contributed by atoms with E-state index in [1.54, 1.807) is 0 Å². The molecule has 4 nitrogen and oxygen atoms in total. The van der Waals surface area contributed by atoms with Crippen LogP contribution in [-0.2, 0) is 11.3 Å². The lowest BCUT2D eigenvalue weighted by Gasteiger charge is -2.13. The van der Waals surface area contributed by atoms with Crippen LogP contribution in [0.2, 0.25) is 0 Å². The Kier molecular flexibility index (Phi) is 3.90. The molecule has 0 bridgehead atoms. The summed E-state index contributed by atoms with van der Waals surface area (Å²) < 4.78 is 42.5. The first-order chi connectivity index (χ1) is 8.53. The summed E-state index contributed by atoms with van der Waals surface area (Å²) in [5, 5.41) is 6.77. The van der Waals surface area contributed by atoms with Gasteiger partial charge in [-0.2, -0.15) is 18.3 Å². The molecule has 0 aromatic carbocycles. The molecule has 2 heterocycles. The minimum Gasteiger partial charge on any atom is -0.377 e. The second-order valence-electron chi connectivity index (χ2n) is 4.07. The van der Waals surface area contributed by atoms with Gasteiger partial charge in [-0.15, -0.1) is 0 Å². The van der Waals surface area contributed by atoms with E-state index in [1.807, 2.05) is 0 Å². The van der Waals surface area contributed by atoms with E-state index in [9.17, 15) is 13.2 Å². The van der Waals surface area contributed by atoms with Gasteiger partial charge >= 0.3 is 6.18 Å². The van der Waals surface area contributed by atoms with Gasteiger partial charge in [0.2, 0.25) is 0 Å². The van der Waals surface area contributed by atoms with E-state index in [4.69, 9.17) is 4.74 Å². The molecule has 0 saturated heterocycles. The van der Waals surface area contributed by atoms with Crippen molar-refractivity contribution in [2.75, 3.05) is 25.1 Å². The van der Waals surface area contributed by atoms with E-state index in [0.29, 0.717) is 19.0 Å². The van der Waals surface area contributed by atoms with E-state index >= 15 is 0 Å². The van der Waals surface area contributed by atoms with E-state index in [2.05, 4.69) is 16.5 Å². The molecule has 2 rings (SSSR count). The normalized spacial score (nSPS) is 16.5. The average Bonchev–Trinajstić information content (AvgIpc) is 2.73. The van der Waals surface area contributed by atoms with Crippen molar-refractivity contribution >= 4 is 5.82 Å². The maximum atomic E-state index is 12.1. The first kappa shape index (κ1) is 12.9. The third kappa shape index (κ3) is 4.06. The number of hydrogen-bond acceptors (Lipinski definition) is 3. The molecule has 1 aromatic heterocycles. The number of halogens is 3. The quantitative estimate of drug-likeness (QED) is 0.844. The predicted octanol–water partition coefficient (Wildman–Crippen LogP) is 2.20. The van der Waals surface area contributed by atoms with E-state index in [1.165, 1.54) is 12.3 Å². The minimum atomic E-state index is -4.25. The first-order valence-electron chi connectivity index (χ1n) is 5.63. The smallest absolute Gasteiger partial charge is 0.377 e. The molecule has 1 aromatic rings. The van der Waals surface area contributed by atoms with Crippen LogP contribution < -0.4 is 5.32 Å². The van der Waals surface area contributed by atoms with E-state index in [-0.39, 0.29) is 0 Å². The summed E-state index contributed by atoms with van der Waals surface area (Å²) in [5.41, 5.74) is 1.09. The van der Waals surface area contributed by atoms with Crippen LogP contribution in [0.1, 0.15) is 6.42 Å². The molecule has 100 valence electrons. The Morgan fingerprint density at radius 1 is 1.44 bits per heavy atom. The number of ether oxygens (including phenoxy) is 1.